The summed E-state index contributed by atoms with van der Waals surface area (Å²) < 4.78 is 91.4. The van der Waals surface area contributed by atoms with Crippen LogP contribution in [0.2, 0.25) is 0 Å². The maximum atomic E-state index is 14.7. The van der Waals surface area contributed by atoms with Crippen LogP contribution in [0.1, 0.15) is 5.56 Å². The van der Waals surface area contributed by atoms with Crippen LogP contribution < -0.4 is 0 Å². The van der Waals surface area contributed by atoms with Crippen molar-refractivity contribution in [1.82, 2.24) is 14.0 Å². The fourth-order valence-corrected chi connectivity index (χ4v) is 6.81. The van der Waals surface area contributed by atoms with E-state index in [1.54, 1.807) is 72.6 Å². The van der Waals surface area contributed by atoms with Crippen LogP contribution in [0, 0.1) is 0 Å². The summed E-state index contributed by atoms with van der Waals surface area (Å²) in [4.78, 5) is 0. The van der Waals surface area contributed by atoms with Crippen molar-refractivity contribution in [3.63, 3.8) is 0 Å². The summed E-state index contributed by atoms with van der Waals surface area (Å²) in [6.45, 7) is 0. The van der Waals surface area contributed by atoms with Crippen LogP contribution in [0.3, 0.4) is 0 Å². The molecule has 0 amide bonds. The van der Waals surface area contributed by atoms with Gasteiger partial charge in [-0.3, -0.25) is 14.0 Å². The standard InChI is InChI=1S/C18H27F6N4PS/c1-26(2)29(27(3)4,28(5)6)25-15(17(21,22)18(23,24)16(19)20)13-30-12-14-10-8-7-9-11-14/h7-11,13,16H,12H2,1-6H3/b15-13-. The van der Waals surface area contributed by atoms with Crippen molar-refractivity contribution in [1.29, 1.82) is 0 Å². The summed E-state index contributed by atoms with van der Waals surface area (Å²) in [5.74, 6) is -10.6. The highest BCUT2D eigenvalue weighted by molar-refractivity contribution is 8.01. The summed E-state index contributed by atoms with van der Waals surface area (Å²) in [5, 5.41) is 0.758. The fourth-order valence-electron chi connectivity index (χ4n) is 2.75. The van der Waals surface area contributed by atoms with Crippen molar-refractivity contribution < 1.29 is 26.3 Å². The molecule has 1 rings (SSSR count). The van der Waals surface area contributed by atoms with Crippen LogP contribution in [0.4, 0.5) is 26.3 Å². The summed E-state index contributed by atoms with van der Waals surface area (Å²) in [7, 11) is 6.30. The van der Waals surface area contributed by atoms with Gasteiger partial charge in [0.15, 0.2) is 7.51 Å². The largest absolute Gasteiger partial charge is 0.375 e. The van der Waals surface area contributed by atoms with Gasteiger partial charge in [-0.15, -0.1) is 11.8 Å². The van der Waals surface area contributed by atoms with E-state index in [1.807, 2.05) is 0 Å². The topological polar surface area (TPSA) is 22.1 Å². The Labute approximate surface area is 178 Å². The quantitative estimate of drug-likeness (QED) is 0.308. The van der Waals surface area contributed by atoms with Crippen molar-refractivity contribution in [2.75, 3.05) is 42.3 Å². The number of hydrogen-bond donors (Lipinski definition) is 0. The van der Waals surface area contributed by atoms with Gasteiger partial charge in [0.25, 0.3) is 0 Å². The van der Waals surface area contributed by atoms with E-state index in [-0.39, 0.29) is 5.75 Å². The Balaban J connectivity index is 3.61. The lowest BCUT2D eigenvalue weighted by molar-refractivity contribution is -0.246. The van der Waals surface area contributed by atoms with E-state index in [9.17, 15) is 26.3 Å². The highest BCUT2D eigenvalue weighted by Gasteiger charge is 2.65. The molecule has 0 saturated carbocycles. The van der Waals surface area contributed by atoms with Crippen LogP contribution in [0.25, 0.3) is 0 Å². The molecule has 0 aromatic heterocycles. The molecule has 0 unspecified atom stereocenters. The van der Waals surface area contributed by atoms with Gasteiger partial charge in [-0.25, -0.2) is 13.5 Å². The average molecular weight is 476 g/mol. The molecule has 0 spiro atoms. The summed E-state index contributed by atoms with van der Waals surface area (Å²) in [6.07, 6.45) is -4.55. The van der Waals surface area contributed by atoms with Gasteiger partial charge in [0.05, 0.1) is 0 Å². The Bertz CT molecular complexity index is 741. The first-order valence-corrected chi connectivity index (χ1v) is 11.4. The molecule has 30 heavy (non-hydrogen) atoms. The molecule has 0 bridgehead atoms. The zero-order valence-electron chi connectivity index (χ0n) is 17.7. The van der Waals surface area contributed by atoms with E-state index in [2.05, 4.69) is 4.74 Å². The first kappa shape index (κ1) is 27.0. The smallest absolute Gasteiger partial charge is 0.252 e. The Morgan fingerprint density at radius 1 is 0.967 bits per heavy atom. The molecule has 0 fully saturated rings. The van der Waals surface area contributed by atoms with Gasteiger partial charge < -0.3 is 0 Å². The number of nitrogens with zero attached hydrogens (tertiary/aromatic N) is 4. The third-order valence-corrected chi connectivity index (χ3v) is 8.75. The minimum atomic E-state index is -5.57. The number of thioether (sulfide) groups is 1. The predicted molar refractivity (Wildman–Crippen MR) is 112 cm³/mol. The van der Waals surface area contributed by atoms with Gasteiger partial charge in [-0.05, 0) is 53.3 Å². The molecule has 0 aliphatic heterocycles. The first-order valence-electron chi connectivity index (χ1n) is 8.77. The molecule has 12 heteroatoms. The second kappa shape index (κ2) is 10.5. The number of halogens is 6. The maximum absolute atomic E-state index is 14.7. The number of rotatable bonds is 10. The van der Waals surface area contributed by atoms with E-state index in [0.717, 1.165) is 22.7 Å². The number of allylic oxidation sites excluding steroid dienone is 1. The Hall–Kier alpha value is -1.00. The zero-order chi connectivity index (χ0) is 23.3. The van der Waals surface area contributed by atoms with Crippen LogP contribution in [-0.2, 0) is 5.75 Å². The molecular weight excluding hydrogens is 449 g/mol. The molecule has 0 aliphatic rings. The van der Waals surface area contributed by atoms with Crippen molar-refractivity contribution >= 4 is 19.3 Å². The van der Waals surface area contributed by atoms with E-state index in [0.29, 0.717) is 0 Å². The molecule has 0 aliphatic carbocycles. The third-order valence-electron chi connectivity index (χ3n) is 4.15. The molecule has 0 N–H and O–H groups in total. The van der Waals surface area contributed by atoms with Gasteiger partial charge in [0.1, 0.15) is 5.70 Å². The van der Waals surface area contributed by atoms with Gasteiger partial charge in [0, 0.05) is 5.75 Å². The monoisotopic (exact) mass is 476 g/mol. The summed E-state index contributed by atoms with van der Waals surface area (Å²) >= 11 is 0.793. The summed E-state index contributed by atoms with van der Waals surface area (Å²) in [5.41, 5.74) is -0.617. The molecule has 0 atom stereocenters. The molecule has 0 heterocycles. The summed E-state index contributed by atoms with van der Waals surface area (Å²) in [6, 6.07) is 8.73. The highest BCUT2D eigenvalue weighted by Crippen LogP contribution is 2.58. The Kier molecular flexibility index (Phi) is 9.50. The Morgan fingerprint density at radius 3 is 1.83 bits per heavy atom. The Morgan fingerprint density at radius 2 is 1.43 bits per heavy atom. The van der Waals surface area contributed by atoms with Crippen LogP contribution in [0.15, 0.2) is 46.2 Å². The van der Waals surface area contributed by atoms with Crippen molar-refractivity contribution in [2.45, 2.75) is 24.0 Å². The van der Waals surface area contributed by atoms with E-state index < -0.39 is 31.5 Å². The lowest BCUT2D eigenvalue weighted by Crippen LogP contribution is -2.47. The number of hydrogen-bond acceptors (Lipinski definition) is 2. The lowest BCUT2D eigenvalue weighted by atomic mass is 10.1. The number of benzene rings is 1. The molecule has 0 radical (unpaired) electrons. The number of alkyl halides is 6. The van der Waals surface area contributed by atoms with Gasteiger partial charge >= 0.3 is 18.3 Å². The zero-order valence-corrected chi connectivity index (χ0v) is 19.4. The lowest BCUT2D eigenvalue weighted by Gasteiger charge is -2.41. The average Bonchev–Trinajstić information content (AvgIpc) is 2.63. The van der Waals surface area contributed by atoms with E-state index in [1.165, 1.54) is 14.0 Å². The SMILES string of the molecule is CN(C)P(=N/C(=C\SCc1ccccc1)C(F)(F)C(F)(F)C(F)F)(N(C)C)N(C)C. The predicted octanol–water partition coefficient (Wildman–Crippen LogP) is 5.93. The third kappa shape index (κ3) is 5.62. The first-order chi connectivity index (χ1) is 13.7. The van der Waals surface area contributed by atoms with Crippen LogP contribution in [-0.4, -0.2) is 74.6 Å². The van der Waals surface area contributed by atoms with E-state index in [4.69, 9.17) is 0 Å². The van der Waals surface area contributed by atoms with Crippen LogP contribution >= 0.6 is 19.3 Å². The van der Waals surface area contributed by atoms with Gasteiger partial charge in [0.2, 0.25) is 0 Å². The minimum absolute atomic E-state index is 0.188. The van der Waals surface area contributed by atoms with Crippen molar-refractivity contribution in [3.05, 3.63) is 47.0 Å². The molecule has 1 aromatic rings. The molecule has 172 valence electrons. The highest BCUT2D eigenvalue weighted by atomic mass is 32.2. The second-order valence-electron chi connectivity index (χ2n) is 6.98. The second-order valence-corrected chi connectivity index (χ2v) is 11.5. The van der Waals surface area contributed by atoms with Crippen molar-refractivity contribution in [3.8, 4) is 0 Å². The van der Waals surface area contributed by atoms with Crippen LogP contribution in [0.5, 0.6) is 0 Å². The molecule has 0 saturated heterocycles. The fraction of sp³-hybridized carbons (Fsp3) is 0.556. The molecule has 1 aromatic carbocycles. The molecular formula is C18H27F6N4PS. The van der Waals surface area contributed by atoms with E-state index >= 15 is 0 Å². The normalized spacial score (nSPS) is 14.3. The minimum Gasteiger partial charge on any atom is -0.252 e. The van der Waals surface area contributed by atoms with Gasteiger partial charge in [-0.1, -0.05) is 30.3 Å². The maximum Gasteiger partial charge on any atom is 0.375 e. The van der Waals surface area contributed by atoms with Gasteiger partial charge in [-0.2, -0.15) is 17.6 Å². The van der Waals surface area contributed by atoms with Crippen molar-refractivity contribution in [2.24, 2.45) is 4.74 Å². The molecule has 4 nitrogen and oxygen atoms in total.